The number of aromatic nitrogens is 1. The van der Waals surface area contributed by atoms with Crippen LogP contribution >= 0.6 is 0 Å². The highest BCUT2D eigenvalue weighted by Crippen LogP contribution is 2.14. The number of nitrogens with one attached hydrogen (secondary N) is 1. The molecule has 0 bridgehead atoms. The average molecular weight is 244 g/mol. The number of rotatable bonds is 1. The summed E-state index contributed by atoms with van der Waals surface area (Å²) < 4.78 is 0. The van der Waals surface area contributed by atoms with Crippen LogP contribution in [0.5, 0.6) is 0 Å². The van der Waals surface area contributed by atoms with E-state index < -0.39 is 0 Å². The van der Waals surface area contributed by atoms with Crippen LogP contribution in [0.1, 0.15) is 28.5 Å². The quantitative estimate of drug-likeness (QED) is 0.789. The number of carbonyl (C=O) groups excluding carboxylic acids is 1. The third-order valence-corrected chi connectivity index (χ3v) is 3.22. The Morgan fingerprint density at radius 1 is 1.67 bits per heavy atom. The van der Waals surface area contributed by atoms with Crippen LogP contribution < -0.4 is 5.32 Å². The van der Waals surface area contributed by atoms with Crippen molar-refractivity contribution in [1.29, 1.82) is 5.26 Å². The van der Waals surface area contributed by atoms with Gasteiger partial charge in [-0.15, -0.1) is 0 Å². The lowest BCUT2D eigenvalue weighted by Gasteiger charge is -2.34. The minimum Gasteiger partial charge on any atom is -0.333 e. The van der Waals surface area contributed by atoms with Gasteiger partial charge in [0.2, 0.25) is 0 Å². The van der Waals surface area contributed by atoms with Crippen molar-refractivity contribution in [3.63, 3.8) is 0 Å². The first-order valence-electron chi connectivity index (χ1n) is 6.02. The Bertz CT molecular complexity index is 506. The van der Waals surface area contributed by atoms with Gasteiger partial charge in [-0.2, -0.15) is 5.26 Å². The molecule has 1 fully saturated rings. The molecular weight excluding hydrogens is 228 g/mol. The molecule has 0 spiro atoms. The summed E-state index contributed by atoms with van der Waals surface area (Å²) in [5.41, 5.74) is 1.73. The molecule has 1 aromatic rings. The number of piperazine rings is 1. The molecule has 0 saturated carbocycles. The molecule has 1 N–H and O–H groups in total. The van der Waals surface area contributed by atoms with Crippen LogP contribution in [0.4, 0.5) is 0 Å². The first kappa shape index (κ1) is 12.5. The van der Waals surface area contributed by atoms with E-state index in [-0.39, 0.29) is 11.9 Å². The zero-order chi connectivity index (χ0) is 13.1. The first-order valence-corrected chi connectivity index (χ1v) is 6.02. The lowest BCUT2D eigenvalue weighted by atomic mass is 10.1. The smallest absolute Gasteiger partial charge is 0.256 e. The molecule has 1 amide bonds. The summed E-state index contributed by atoms with van der Waals surface area (Å²) in [5.74, 6) is -0.00140. The van der Waals surface area contributed by atoms with Gasteiger partial charge in [0.05, 0.1) is 5.56 Å². The molecule has 1 aromatic heterocycles. The van der Waals surface area contributed by atoms with Gasteiger partial charge in [-0.25, -0.2) is 4.98 Å². The van der Waals surface area contributed by atoms with E-state index in [1.165, 1.54) is 6.20 Å². The predicted molar refractivity (Wildman–Crippen MR) is 67.1 cm³/mol. The van der Waals surface area contributed by atoms with Crippen LogP contribution in [0.15, 0.2) is 12.3 Å². The molecule has 1 aliphatic rings. The fourth-order valence-electron chi connectivity index (χ4n) is 2.14. The second-order valence-corrected chi connectivity index (χ2v) is 4.55. The zero-order valence-corrected chi connectivity index (χ0v) is 10.6. The van der Waals surface area contributed by atoms with Crippen molar-refractivity contribution in [2.75, 3.05) is 19.6 Å². The van der Waals surface area contributed by atoms with E-state index in [0.717, 1.165) is 18.7 Å². The number of aryl methyl sites for hydroxylation is 1. The monoisotopic (exact) mass is 244 g/mol. The SMILES string of the molecule is Cc1cc(C#N)ncc1C(=O)N1CCNC[C@@H]1C. The number of hydrogen-bond donors (Lipinski definition) is 1. The number of pyridine rings is 1. The lowest BCUT2D eigenvalue weighted by Crippen LogP contribution is -2.52. The van der Waals surface area contributed by atoms with Crippen molar-refractivity contribution < 1.29 is 4.79 Å². The molecule has 2 rings (SSSR count). The van der Waals surface area contributed by atoms with Crippen molar-refractivity contribution in [1.82, 2.24) is 15.2 Å². The molecule has 1 saturated heterocycles. The zero-order valence-electron chi connectivity index (χ0n) is 10.6. The van der Waals surface area contributed by atoms with E-state index in [4.69, 9.17) is 5.26 Å². The number of nitrogens with zero attached hydrogens (tertiary/aromatic N) is 3. The first-order chi connectivity index (χ1) is 8.63. The lowest BCUT2D eigenvalue weighted by molar-refractivity contribution is 0.0654. The summed E-state index contributed by atoms with van der Waals surface area (Å²) in [6, 6.07) is 3.81. The molecule has 0 aliphatic carbocycles. The second-order valence-electron chi connectivity index (χ2n) is 4.55. The maximum atomic E-state index is 12.4. The maximum absolute atomic E-state index is 12.4. The highest BCUT2D eigenvalue weighted by Gasteiger charge is 2.25. The van der Waals surface area contributed by atoms with Gasteiger partial charge in [-0.3, -0.25) is 4.79 Å². The Kier molecular flexibility index (Phi) is 3.58. The van der Waals surface area contributed by atoms with E-state index >= 15 is 0 Å². The Labute approximate surface area is 106 Å². The fraction of sp³-hybridized carbons (Fsp3) is 0.462. The second kappa shape index (κ2) is 5.15. The highest BCUT2D eigenvalue weighted by atomic mass is 16.2. The number of hydrogen-bond acceptors (Lipinski definition) is 4. The molecule has 0 unspecified atom stereocenters. The number of carbonyl (C=O) groups is 1. The van der Waals surface area contributed by atoms with Crippen LogP contribution in [0.2, 0.25) is 0 Å². The molecule has 0 aromatic carbocycles. The van der Waals surface area contributed by atoms with Crippen LogP contribution in [0.3, 0.4) is 0 Å². The summed E-state index contributed by atoms with van der Waals surface area (Å²) in [4.78, 5) is 18.2. The fourth-order valence-corrected chi connectivity index (χ4v) is 2.14. The van der Waals surface area contributed by atoms with Gasteiger partial charge in [-0.05, 0) is 25.5 Å². The molecule has 94 valence electrons. The summed E-state index contributed by atoms with van der Waals surface area (Å²) in [6.07, 6.45) is 1.50. The summed E-state index contributed by atoms with van der Waals surface area (Å²) >= 11 is 0. The maximum Gasteiger partial charge on any atom is 0.256 e. The van der Waals surface area contributed by atoms with Crippen LogP contribution in [0, 0.1) is 18.3 Å². The van der Waals surface area contributed by atoms with Gasteiger partial charge in [0, 0.05) is 31.9 Å². The highest BCUT2D eigenvalue weighted by molar-refractivity contribution is 5.95. The van der Waals surface area contributed by atoms with Gasteiger partial charge in [0.15, 0.2) is 0 Å². The molecule has 5 nitrogen and oxygen atoms in total. The minimum atomic E-state index is -0.00140. The molecule has 18 heavy (non-hydrogen) atoms. The largest absolute Gasteiger partial charge is 0.333 e. The van der Waals surface area contributed by atoms with Gasteiger partial charge >= 0.3 is 0 Å². The van der Waals surface area contributed by atoms with E-state index in [1.807, 2.05) is 24.8 Å². The van der Waals surface area contributed by atoms with Gasteiger partial charge in [0.1, 0.15) is 11.8 Å². The van der Waals surface area contributed by atoms with Crippen LogP contribution in [-0.2, 0) is 0 Å². The van der Waals surface area contributed by atoms with Crippen molar-refractivity contribution in [2.45, 2.75) is 19.9 Å². The van der Waals surface area contributed by atoms with Crippen molar-refractivity contribution in [3.8, 4) is 6.07 Å². The molecular formula is C13H16N4O. The third kappa shape index (κ3) is 2.34. The Morgan fingerprint density at radius 2 is 2.44 bits per heavy atom. The molecule has 2 heterocycles. The summed E-state index contributed by atoms with van der Waals surface area (Å²) in [6.45, 7) is 6.20. The Morgan fingerprint density at radius 3 is 3.06 bits per heavy atom. The van der Waals surface area contributed by atoms with Gasteiger partial charge < -0.3 is 10.2 Å². The molecule has 0 radical (unpaired) electrons. The van der Waals surface area contributed by atoms with E-state index in [0.29, 0.717) is 17.8 Å². The molecule has 5 heteroatoms. The Balaban J connectivity index is 2.26. The molecule has 1 atom stereocenters. The van der Waals surface area contributed by atoms with Gasteiger partial charge in [-0.1, -0.05) is 0 Å². The number of nitriles is 1. The summed E-state index contributed by atoms with van der Waals surface area (Å²) in [7, 11) is 0. The van der Waals surface area contributed by atoms with Gasteiger partial charge in [0.25, 0.3) is 5.91 Å². The van der Waals surface area contributed by atoms with Crippen molar-refractivity contribution in [2.24, 2.45) is 0 Å². The number of amides is 1. The summed E-state index contributed by atoms with van der Waals surface area (Å²) in [5, 5.41) is 12.0. The van der Waals surface area contributed by atoms with E-state index in [2.05, 4.69) is 10.3 Å². The molecule has 1 aliphatic heterocycles. The van der Waals surface area contributed by atoms with Crippen molar-refractivity contribution in [3.05, 3.63) is 29.1 Å². The average Bonchev–Trinajstić information content (AvgIpc) is 2.38. The van der Waals surface area contributed by atoms with Crippen LogP contribution in [-0.4, -0.2) is 41.5 Å². The normalized spacial score (nSPS) is 19.4. The Hall–Kier alpha value is -1.93. The van der Waals surface area contributed by atoms with E-state index in [9.17, 15) is 4.79 Å². The van der Waals surface area contributed by atoms with Crippen LogP contribution in [0.25, 0.3) is 0 Å². The van der Waals surface area contributed by atoms with E-state index in [1.54, 1.807) is 6.07 Å². The van der Waals surface area contributed by atoms with Crippen molar-refractivity contribution >= 4 is 5.91 Å². The predicted octanol–water partition coefficient (Wildman–Crippen LogP) is 0.696. The minimum absolute atomic E-state index is 0.00140. The standard InChI is InChI=1S/C13H16N4O/c1-9-5-11(6-14)16-8-12(9)13(18)17-4-3-15-7-10(17)2/h5,8,10,15H,3-4,7H2,1-2H3/t10-/m0/s1. The third-order valence-electron chi connectivity index (χ3n) is 3.22. The topological polar surface area (TPSA) is 69.0 Å².